The number of nitrogens with one attached hydrogen (secondary N) is 2. The molecule has 0 aromatic carbocycles. The van der Waals surface area contributed by atoms with Gasteiger partial charge in [-0.1, -0.05) is 26.7 Å². The summed E-state index contributed by atoms with van der Waals surface area (Å²) in [6, 6.07) is -0.162. The van der Waals surface area contributed by atoms with E-state index in [1.165, 1.54) is 0 Å². The van der Waals surface area contributed by atoms with Crippen LogP contribution in [0.5, 0.6) is 0 Å². The van der Waals surface area contributed by atoms with E-state index in [0.29, 0.717) is 19.0 Å². The summed E-state index contributed by atoms with van der Waals surface area (Å²) in [6.07, 6.45) is 3.71. The zero-order valence-corrected chi connectivity index (χ0v) is 11.0. The molecule has 1 saturated heterocycles. The molecule has 98 valence electrons. The molecule has 2 N–H and O–H groups in total. The first kappa shape index (κ1) is 14.0. The van der Waals surface area contributed by atoms with Gasteiger partial charge in [-0.2, -0.15) is 0 Å². The van der Waals surface area contributed by atoms with E-state index in [1.807, 2.05) is 6.92 Å². The van der Waals surface area contributed by atoms with Gasteiger partial charge in [0.05, 0.1) is 6.61 Å². The number of methoxy groups -OCH3 is 1. The Bertz CT molecular complexity index is 293. The Kier molecular flexibility index (Phi) is 4.93. The van der Waals surface area contributed by atoms with Crippen LogP contribution in [-0.4, -0.2) is 42.6 Å². The topological polar surface area (TPSA) is 65.4 Å². The Morgan fingerprint density at radius 1 is 1.47 bits per heavy atom. The van der Waals surface area contributed by atoms with Crippen LogP contribution in [0.2, 0.25) is 0 Å². The van der Waals surface area contributed by atoms with E-state index in [0.717, 1.165) is 25.7 Å². The van der Waals surface area contributed by atoms with E-state index in [4.69, 9.17) is 10.1 Å². The van der Waals surface area contributed by atoms with Gasteiger partial charge in [-0.15, -0.1) is 0 Å². The number of rotatable bonds is 7. The number of urea groups is 1. The predicted octanol–water partition coefficient (Wildman–Crippen LogP) is 1.97. The highest BCUT2D eigenvalue weighted by atomic mass is 16.5. The second kappa shape index (κ2) is 6.00. The molecule has 1 aliphatic rings. The number of carbonyl (C=O) groups excluding carboxylic acids is 1. The maximum atomic E-state index is 11.8. The van der Waals surface area contributed by atoms with Crippen molar-refractivity contribution in [2.24, 2.45) is 0 Å². The van der Waals surface area contributed by atoms with Gasteiger partial charge in [0, 0.05) is 13.7 Å². The van der Waals surface area contributed by atoms with E-state index >= 15 is 0 Å². The Morgan fingerprint density at radius 3 is 2.71 bits per heavy atom. The minimum absolute atomic E-state index is 0.162. The molecule has 0 aromatic heterocycles. The highest BCUT2D eigenvalue weighted by molar-refractivity contribution is 6.08. The molecule has 0 radical (unpaired) electrons. The first-order valence-electron chi connectivity index (χ1n) is 6.29. The minimum atomic E-state index is -0.439. The summed E-state index contributed by atoms with van der Waals surface area (Å²) >= 11 is 0. The maximum Gasteiger partial charge on any atom is 0.323 e. The van der Waals surface area contributed by atoms with Gasteiger partial charge in [-0.05, 0) is 12.8 Å². The molecule has 5 heteroatoms. The molecule has 1 aliphatic heterocycles. The van der Waals surface area contributed by atoms with Gasteiger partial charge in [0.15, 0.2) is 0 Å². The summed E-state index contributed by atoms with van der Waals surface area (Å²) in [5.74, 6) is 0.342. The fraction of sp³-hybridized carbons (Fsp3) is 0.833. The molecule has 1 rings (SSSR count). The predicted molar refractivity (Wildman–Crippen MR) is 67.4 cm³/mol. The molecule has 0 spiro atoms. The molecule has 1 unspecified atom stereocenters. The van der Waals surface area contributed by atoms with Crippen molar-refractivity contribution >= 4 is 11.9 Å². The summed E-state index contributed by atoms with van der Waals surface area (Å²) in [4.78, 5) is 13.6. The van der Waals surface area contributed by atoms with Crippen molar-refractivity contribution in [3.8, 4) is 0 Å². The lowest BCUT2D eigenvalue weighted by molar-refractivity contribution is 0.117. The lowest BCUT2D eigenvalue weighted by Crippen LogP contribution is -2.50. The van der Waals surface area contributed by atoms with Crippen LogP contribution in [0.4, 0.5) is 4.79 Å². The van der Waals surface area contributed by atoms with Crippen molar-refractivity contribution in [3.05, 3.63) is 0 Å². The van der Waals surface area contributed by atoms with Crippen LogP contribution < -0.4 is 5.32 Å². The number of amidine groups is 1. The van der Waals surface area contributed by atoms with Gasteiger partial charge in [0.2, 0.25) is 0 Å². The number of hydrogen-bond donors (Lipinski definition) is 2. The molecular weight excluding hydrogens is 218 g/mol. The number of nitrogens with zero attached hydrogens (tertiary/aromatic N) is 1. The van der Waals surface area contributed by atoms with Crippen LogP contribution in [0.15, 0.2) is 0 Å². The standard InChI is InChI=1S/C12H23N3O2/c1-4-6-7-12(5-2)10(13)14-11(16)15(12)8-9-17-3/h4-9H2,1-3H3,(H2,13,14,16). The summed E-state index contributed by atoms with van der Waals surface area (Å²) in [7, 11) is 1.62. The second-order valence-electron chi connectivity index (χ2n) is 4.44. The van der Waals surface area contributed by atoms with Crippen molar-refractivity contribution in [1.82, 2.24) is 10.2 Å². The number of carbonyl (C=O) groups is 1. The normalized spacial score (nSPS) is 24.3. The van der Waals surface area contributed by atoms with Crippen molar-refractivity contribution in [2.45, 2.75) is 45.1 Å². The first-order valence-corrected chi connectivity index (χ1v) is 6.29. The number of amides is 2. The van der Waals surface area contributed by atoms with E-state index in [1.54, 1.807) is 12.0 Å². The van der Waals surface area contributed by atoms with Gasteiger partial charge >= 0.3 is 6.03 Å². The Labute approximate surface area is 103 Å². The van der Waals surface area contributed by atoms with Gasteiger partial charge in [-0.25, -0.2) is 4.79 Å². The zero-order chi connectivity index (χ0) is 12.9. The monoisotopic (exact) mass is 241 g/mol. The minimum Gasteiger partial charge on any atom is -0.383 e. The Hall–Kier alpha value is -1.10. The molecule has 1 heterocycles. The molecule has 0 aliphatic carbocycles. The van der Waals surface area contributed by atoms with E-state index in [9.17, 15) is 4.79 Å². The molecule has 1 fully saturated rings. The third-order valence-electron chi connectivity index (χ3n) is 3.51. The van der Waals surface area contributed by atoms with Crippen molar-refractivity contribution in [3.63, 3.8) is 0 Å². The fourth-order valence-electron chi connectivity index (χ4n) is 2.39. The third-order valence-corrected chi connectivity index (χ3v) is 3.51. The summed E-state index contributed by atoms with van der Waals surface area (Å²) in [5.41, 5.74) is -0.439. The fourth-order valence-corrected chi connectivity index (χ4v) is 2.39. The lowest BCUT2D eigenvalue weighted by Gasteiger charge is -2.35. The largest absolute Gasteiger partial charge is 0.383 e. The van der Waals surface area contributed by atoms with E-state index < -0.39 is 5.54 Å². The summed E-state index contributed by atoms with van der Waals surface area (Å²) in [5, 5.41) is 10.7. The number of hydrogen-bond acceptors (Lipinski definition) is 3. The Morgan fingerprint density at radius 2 is 2.18 bits per heavy atom. The molecule has 5 nitrogen and oxygen atoms in total. The maximum absolute atomic E-state index is 11.8. The first-order chi connectivity index (χ1) is 8.12. The van der Waals surface area contributed by atoms with Gasteiger partial charge < -0.3 is 9.64 Å². The molecule has 2 amide bonds. The summed E-state index contributed by atoms with van der Waals surface area (Å²) < 4.78 is 5.04. The second-order valence-corrected chi connectivity index (χ2v) is 4.44. The molecule has 0 aromatic rings. The van der Waals surface area contributed by atoms with Crippen LogP contribution in [0.3, 0.4) is 0 Å². The lowest BCUT2D eigenvalue weighted by atomic mass is 9.88. The number of ether oxygens (including phenoxy) is 1. The molecule has 17 heavy (non-hydrogen) atoms. The molecule has 0 saturated carbocycles. The van der Waals surface area contributed by atoms with E-state index in [-0.39, 0.29) is 6.03 Å². The molecular formula is C12H23N3O2. The molecule has 1 atom stereocenters. The molecule has 0 bridgehead atoms. The van der Waals surface area contributed by atoms with E-state index in [2.05, 4.69) is 12.2 Å². The quantitative estimate of drug-likeness (QED) is 0.715. The van der Waals surface area contributed by atoms with Gasteiger partial charge in [0.25, 0.3) is 0 Å². The van der Waals surface area contributed by atoms with Crippen LogP contribution in [0.1, 0.15) is 39.5 Å². The number of unbranched alkanes of at least 4 members (excludes halogenated alkanes) is 1. The Balaban J connectivity index is 2.86. The van der Waals surface area contributed by atoms with Crippen molar-refractivity contribution in [1.29, 1.82) is 5.41 Å². The van der Waals surface area contributed by atoms with Crippen LogP contribution in [0, 0.1) is 5.41 Å². The van der Waals surface area contributed by atoms with Crippen LogP contribution in [0.25, 0.3) is 0 Å². The van der Waals surface area contributed by atoms with Crippen LogP contribution in [-0.2, 0) is 4.74 Å². The average molecular weight is 241 g/mol. The van der Waals surface area contributed by atoms with Crippen molar-refractivity contribution in [2.75, 3.05) is 20.3 Å². The average Bonchev–Trinajstić information content (AvgIpc) is 2.55. The highest BCUT2D eigenvalue weighted by Crippen LogP contribution is 2.31. The summed E-state index contributed by atoms with van der Waals surface area (Å²) in [6.45, 7) is 5.21. The zero-order valence-electron chi connectivity index (χ0n) is 11.0. The van der Waals surface area contributed by atoms with Gasteiger partial charge in [0.1, 0.15) is 11.4 Å². The highest BCUT2D eigenvalue weighted by Gasteiger charge is 2.47. The smallest absolute Gasteiger partial charge is 0.323 e. The third kappa shape index (κ3) is 2.60. The van der Waals surface area contributed by atoms with Crippen LogP contribution >= 0.6 is 0 Å². The van der Waals surface area contributed by atoms with Crippen molar-refractivity contribution < 1.29 is 9.53 Å². The van der Waals surface area contributed by atoms with Gasteiger partial charge in [-0.3, -0.25) is 10.7 Å². The SMILES string of the molecule is CCCCC1(CC)C(=N)NC(=O)N1CCOC.